The summed E-state index contributed by atoms with van der Waals surface area (Å²) >= 11 is 0. The maximum atomic E-state index is 14.1. The fourth-order valence-corrected chi connectivity index (χ4v) is 5.08. The van der Waals surface area contributed by atoms with Gasteiger partial charge >= 0.3 is 0 Å². The first-order chi connectivity index (χ1) is 21.1. The number of hydrogen-bond acceptors (Lipinski definition) is 8. The molecule has 5 amide bonds. The number of nitrogens with zero attached hydrogens (tertiary/aromatic N) is 1. The van der Waals surface area contributed by atoms with E-state index in [-0.39, 0.29) is 51.4 Å². The number of ether oxygens (including phenoxy) is 2. The van der Waals surface area contributed by atoms with Crippen LogP contribution in [0.25, 0.3) is 0 Å². The standard InChI is InChI=1S/C31H39N5O8/c1-20-27(39)32-14-17-43-23-8-10-24(11-9-23)44-31(12-15-36(16-13-31)21(2)38)30(42)35-25(18-22-6-4-3-5-7-22)28(40)34-26(19-37)29(41)33-20/h3-11,20,25-26,37H,12-19H2,1-2H3,(H,32,39)(H,33,41)(H,34,40)(H,35,42)/t20-,25+,26-/m0/s1. The summed E-state index contributed by atoms with van der Waals surface area (Å²) in [6.45, 7) is 3.06. The number of nitrogens with one attached hydrogen (secondary N) is 4. The molecule has 1 fully saturated rings. The van der Waals surface area contributed by atoms with Gasteiger partial charge in [0.2, 0.25) is 23.6 Å². The van der Waals surface area contributed by atoms with E-state index in [1.54, 1.807) is 53.4 Å². The average molecular weight is 610 g/mol. The molecule has 5 N–H and O–H groups in total. The first-order valence-corrected chi connectivity index (χ1v) is 14.6. The quantitative estimate of drug-likeness (QED) is 0.294. The first-order valence-electron chi connectivity index (χ1n) is 14.6. The summed E-state index contributed by atoms with van der Waals surface area (Å²) in [6, 6.07) is 12.2. The van der Waals surface area contributed by atoms with Gasteiger partial charge in [-0.3, -0.25) is 24.0 Å². The second-order valence-electron chi connectivity index (χ2n) is 10.9. The molecule has 3 aliphatic rings. The van der Waals surface area contributed by atoms with Crippen LogP contribution in [0.5, 0.6) is 11.5 Å². The third-order valence-corrected chi connectivity index (χ3v) is 7.71. The summed E-state index contributed by atoms with van der Waals surface area (Å²) in [5.41, 5.74) is -0.660. The van der Waals surface area contributed by atoms with Crippen LogP contribution in [0, 0.1) is 0 Å². The van der Waals surface area contributed by atoms with Crippen LogP contribution in [0.4, 0.5) is 0 Å². The third kappa shape index (κ3) is 8.25. The SMILES string of the molecule is CC(=O)N1CCC2(CC1)Oc1ccc(cc1)OCCNC(=O)[C@H](C)NC(=O)[C@H](CO)NC(=O)[C@@H](Cc1ccccc1)NC2=O. The second-order valence-corrected chi connectivity index (χ2v) is 10.9. The second kappa shape index (κ2) is 14.7. The third-order valence-electron chi connectivity index (χ3n) is 7.71. The molecular weight excluding hydrogens is 570 g/mol. The van der Waals surface area contributed by atoms with Gasteiger partial charge in [-0.15, -0.1) is 0 Å². The summed E-state index contributed by atoms with van der Waals surface area (Å²) in [6.07, 6.45) is 0.434. The number of benzene rings is 2. The Kier molecular flexibility index (Phi) is 10.8. The van der Waals surface area contributed by atoms with Crippen LogP contribution in [0.15, 0.2) is 54.6 Å². The molecule has 13 heteroatoms. The molecule has 1 saturated heterocycles. The monoisotopic (exact) mass is 609 g/mol. The molecule has 236 valence electrons. The number of rotatable bonds is 3. The van der Waals surface area contributed by atoms with Crippen molar-refractivity contribution < 1.29 is 38.6 Å². The van der Waals surface area contributed by atoms with Gasteiger partial charge in [-0.25, -0.2) is 0 Å². The summed E-state index contributed by atoms with van der Waals surface area (Å²) in [5, 5.41) is 20.5. The van der Waals surface area contributed by atoms with E-state index in [4.69, 9.17) is 9.47 Å². The normalized spacial score (nSPS) is 23.3. The Morgan fingerprint density at radius 2 is 1.52 bits per heavy atom. The minimum absolute atomic E-state index is 0.0820. The van der Waals surface area contributed by atoms with Crippen molar-refractivity contribution in [3.63, 3.8) is 0 Å². The minimum atomic E-state index is -1.40. The lowest BCUT2D eigenvalue weighted by molar-refractivity contribution is -0.147. The Morgan fingerprint density at radius 3 is 2.16 bits per heavy atom. The van der Waals surface area contributed by atoms with Crippen LogP contribution in [-0.4, -0.2) is 96.1 Å². The van der Waals surface area contributed by atoms with Gasteiger partial charge in [0.25, 0.3) is 5.91 Å². The number of amides is 5. The molecule has 2 aromatic rings. The lowest BCUT2D eigenvalue weighted by Gasteiger charge is -2.41. The van der Waals surface area contributed by atoms with Gasteiger partial charge in [0.1, 0.15) is 36.2 Å². The molecule has 2 aromatic carbocycles. The number of aliphatic hydroxyl groups excluding tert-OH is 1. The predicted octanol–water partition coefficient (Wildman–Crippen LogP) is -0.336. The van der Waals surface area contributed by atoms with E-state index in [2.05, 4.69) is 21.3 Å². The number of carbonyl (C=O) groups is 5. The van der Waals surface area contributed by atoms with E-state index >= 15 is 0 Å². The highest BCUT2D eigenvalue weighted by Crippen LogP contribution is 2.31. The smallest absolute Gasteiger partial charge is 0.265 e. The fourth-order valence-electron chi connectivity index (χ4n) is 5.08. The van der Waals surface area contributed by atoms with E-state index in [1.807, 2.05) is 6.07 Å². The van der Waals surface area contributed by atoms with E-state index in [0.717, 1.165) is 5.56 Å². The molecule has 3 aliphatic heterocycles. The Labute approximate surface area is 255 Å². The molecule has 0 aromatic heterocycles. The molecule has 13 nitrogen and oxygen atoms in total. The minimum Gasteiger partial charge on any atom is -0.492 e. The van der Waals surface area contributed by atoms with Crippen molar-refractivity contribution in [1.82, 2.24) is 26.2 Å². The van der Waals surface area contributed by atoms with Crippen molar-refractivity contribution in [2.24, 2.45) is 0 Å². The van der Waals surface area contributed by atoms with Crippen LogP contribution < -0.4 is 30.7 Å². The van der Waals surface area contributed by atoms with Crippen molar-refractivity contribution in [2.45, 2.75) is 56.8 Å². The molecule has 5 rings (SSSR count). The summed E-state index contributed by atoms with van der Waals surface area (Å²) in [4.78, 5) is 66.8. The van der Waals surface area contributed by atoms with Gasteiger partial charge in [-0.2, -0.15) is 0 Å². The van der Waals surface area contributed by atoms with Crippen LogP contribution in [0.1, 0.15) is 32.3 Å². The largest absolute Gasteiger partial charge is 0.492 e. The van der Waals surface area contributed by atoms with Gasteiger partial charge in [0.05, 0.1) is 13.2 Å². The van der Waals surface area contributed by atoms with E-state index in [0.29, 0.717) is 11.5 Å². The van der Waals surface area contributed by atoms with Crippen molar-refractivity contribution in [3.05, 3.63) is 60.2 Å². The number of aliphatic hydroxyl groups is 1. The molecule has 0 aliphatic carbocycles. The van der Waals surface area contributed by atoms with Gasteiger partial charge in [0, 0.05) is 39.3 Å². The lowest BCUT2D eigenvalue weighted by atomic mass is 9.89. The van der Waals surface area contributed by atoms with Gasteiger partial charge in [-0.05, 0) is 36.8 Å². The van der Waals surface area contributed by atoms with E-state index in [1.165, 1.54) is 13.8 Å². The number of hydrogen-bond donors (Lipinski definition) is 5. The number of piperidine rings is 1. The Morgan fingerprint density at radius 1 is 0.886 bits per heavy atom. The van der Waals surface area contributed by atoms with E-state index < -0.39 is 54.0 Å². The Balaban J connectivity index is 1.67. The molecule has 3 heterocycles. The lowest BCUT2D eigenvalue weighted by Crippen LogP contribution is -2.62. The zero-order chi connectivity index (χ0) is 31.7. The van der Waals surface area contributed by atoms with Gasteiger partial charge in [0.15, 0.2) is 5.60 Å². The summed E-state index contributed by atoms with van der Waals surface area (Å²) in [7, 11) is 0. The Bertz CT molecular complexity index is 1330. The maximum Gasteiger partial charge on any atom is 0.265 e. The fraction of sp³-hybridized carbons (Fsp3) is 0.452. The molecule has 0 unspecified atom stereocenters. The topological polar surface area (TPSA) is 175 Å². The summed E-state index contributed by atoms with van der Waals surface area (Å²) in [5.74, 6) is -1.72. The van der Waals surface area contributed by atoms with Crippen molar-refractivity contribution in [2.75, 3.05) is 32.8 Å². The van der Waals surface area contributed by atoms with Crippen LogP contribution in [0.2, 0.25) is 0 Å². The average Bonchev–Trinajstić information content (AvgIpc) is 3.02. The van der Waals surface area contributed by atoms with Gasteiger partial charge < -0.3 is 40.7 Å². The molecule has 0 radical (unpaired) electrons. The zero-order valence-electron chi connectivity index (χ0n) is 24.8. The van der Waals surface area contributed by atoms with Gasteiger partial charge in [-0.1, -0.05) is 30.3 Å². The number of fused-ring (bicyclic) bond motifs is 15. The highest BCUT2D eigenvalue weighted by Gasteiger charge is 2.46. The molecule has 3 atom stereocenters. The molecular formula is C31H39N5O8. The molecule has 1 spiro atoms. The number of likely N-dealkylation sites (tertiary alicyclic amines) is 1. The zero-order valence-corrected chi connectivity index (χ0v) is 24.8. The molecule has 44 heavy (non-hydrogen) atoms. The maximum absolute atomic E-state index is 14.1. The van der Waals surface area contributed by atoms with Crippen molar-refractivity contribution in [3.8, 4) is 11.5 Å². The van der Waals surface area contributed by atoms with Crippen LogP contribution in [-0.2, 0) is 30.4 Å². The molecule has 2 bridgehead atoms. The van der Waals surface area contributed by atoms with Crippen LogP contribution >= 0.6 is 0 Å². The van der Waals surface area contributed by atoms with Crippen LogP contribution in [0.3, 0.4) is 0 Å². The highest BCUT2D eigenvalue weighted by molar-refractivity contribution is 5.95. The first kappa shape index (κ1) is 32.3. The number of carbonyl (C=O) groups excluding carboxylic acids is 5. The summed E-state index contributed by atoms with van der Waals surface area (Å²) < 4.78 is 12.0. The van der Waals surface area contributed by atoms with Crippen molar-refractivity contribution in [1.29, 1.82) is 0 Å². The Hall–Kier alpha value is -4.65. The van der Waals surface area contributed by atoms with E-state index in [9.17, 15) is 29.1 Å². The molecule has 0 saturated carbocycles. The highest BCUT2D eigenvalue weighted by atomic mass is 16.5. The van der Waals surface area contributed by atoms with Crippen molar-refractivity contribution >= 4 is 29.5 Å². The predicted molar refractivity (Wildman–Crippen MR) is 158 cm³/mol.